The molecule has 0 aliphatic rings. The lowest BCUT2D eigenvalue weighted by Crippen LogP contribution is -2.20. The molecule has 1 unspecified atom stereocenters. The van der Waals surface area contributed by atoms with Crippen molar-refractivity contribution in [2.45, 2.75) is 17.3 Å². The molecule has 0 aliphatic carbocycles. The summed E-state index contributed by atoms with van der Waals surface area (Å²) in [6, 6.07) is 9.88. The van der Waals surface area contributed by atoms with E-state index in [9.17, 15) is 18.4 Å². The van der Waals surface area contributed by atoms with Crippen LogP contribution in [0.25, 0.3) is 16.7 Å². The molecule has 0 radical (unpaired) electrons. The number of benzene rings is 2. The first-order valence-corrected chi connectivity index (χ1v) is 9.25. The molecule has 142 valence electrons. The third-order valence-electron chi connectivity index (χ3n) is 4.44. The number of aromatic nitrogens is 4. The molecule has 0 N–H and O–H groups in total. The summed E-state index contributed by atoms with van der Waals surface area (Å²) in [6.45, 7) is 1.61. The molecule has 9 heteroatoms. The Morgan fingerprint density at radius 3 is 2.64 bits per heavy atom. The molecular weight excluding hydrogens is 386 g/mol. The largest absolute Gasteiger partial charge is 0.293 e. The van der Waals surface area contributed by atoms with E-state index in [1.54, 1.807) is 42.6 Å². The van der Waals surface area contributed by atoms with Crippen LogP contribution >= 0.6 is 11.8 Å². The minimum absolute atomic E-state index is 0.188. The fraction of sp³-hybridized carbons (Fsp3) is 0.158. The lowest BCUT2D eigenvalue weighted by molar-refractivity contribution is 0.0990. The van der Waals surface area contributed by atoms with E-state index < -0.39 is 22.7 Å². The van der Waals surface area contributed by atoms with Gasteiger partial charge in [-0.1, -0.05) is 23.9 Å². The number of Topliss-reactive ketones (excluding diaryl/α,β-unsaturated/α-hetero) is 1. The van der Waals surface area contributed by atoms with Crippen LogP contribution in [0.15, 0.2) is 52.4 Å². The predicted molar refractivity (Wildman–Crippen MR) is 102 cm³/mol. The van der Waals surface area contributed by atoms with Crippen LogP contribution in [0.1, 0.15) is 17.3 Å². The summed E-state index contributed by atoms with van der Waals surface area (Å²) in [7, 11) is 1.59. The molecule has 28 heavy (non-hydrogen) atoms. The van der Waals surface area contributed by atoms with Gasteiger partial charge in [0.05, 0.1) is 21.7 Å². The summed E-state index contributed by atoms with van der Waals surface area (Å²) in [4.78, 5) is 25.1. The van der Waals surface area contributed by atoms with Crippen molar-refractivity contribution in [2.75, 3.05) is 0 Å². The van der Waals surface area contributed by atoms with Gasteiger partial charge in [0.25, 0.3) is 5.56 Å². The van der Waals surface area contributed by atoms with E-state index in [2.05, 4.69) is 10.2 Å². The van der Waals surface area contributed by atoms with E-state index in [0.29, 0.717) is 27.9 Å². The Bertz CT molecular complexity index is 1300. The number of rotatable bonds is 4. The summed E-state index contributed by atoms with van der Waals surface area (Å²) in [5.41, 5.74) is 0.220. The number of thioether (sulfide) groups is 1. The highest BCUT2D eigenvalue weighted by Gasteiger charge is 2.23. The number of nitrogens with zero attached hydrogens (tertiary/aromatic N) is 4. The van der Waals surface area contributed by atoms with Gasteiger partial charge in [0.15, 0.2) is 10.9 Å². The second-order valence-corrected chi connectivity index (χ2v) is 7.56. The van der Waals surface area contributed by atoms with E-state index >= 15 is 0 Å². The zero-order valence-corrected chi connectivity index (χ0v) is 15.7. The van der Waals surface area contributed by atoms with Crippen molar-refractivity contribution >= 4 is 34.2 Å². The molecule has 2 heterocycles. The monoisotopic (exact) mass is 400 g/mol. The molecule has 0 saturated carbocycles. The van der Waals surface area contributed by atoms with E-state index in [1.165, 1.54) is 4.57 Å². The Kier molecular flexibility index (Phi) is 4.46. The van der Waals surface area contributed by atoms with Crippen molar-refractivity contribution in [2.24, 2.45) is 7.05 Å². The molecule has 4 aromatic rings. The smallest absolute Gasteiger partial charge is 0.262 e. The Hall–Kier alpha value is -3.07. The topological polar surface area (TPSA) is 69.3 Å². The van der Waals surface area contributed by atoms with Crippen molar-refractivity contribution in [3.8, 4) is 0 Å². The van der Waals surface area contributed by atoms with Crippen LogP contribution in [-0.4, -0.2) is 30.2 Å². The number of halogens is 2. The number of carbonyl (C=O) groups excluding carboxylic acids is 1. The van der Waals surface area contributed by atoms with E-state index in [1.807, 2.05) is 0 Å². The Morgan fingerprint density at radius 2 is 1.89 bits per heavy atom. The average Bonchev–Trinajstić information content (AvgIpc) is 3.09. The first kappa shape index (κ1) is 18.3. The number of ketones is 1. The second-order valence-electron chi connectivity index (χ2n) is 6.25. The normalized spacial score (nSPS) is 12.6. The first-order chi connectivity index (χ1) is 13.4. The molecule has 0 fully saturated rings. The van der Waals surface area contributed by atoms with Gasteiger partial charge in [-0.15, -0.1) is 10.2 Å². The van der Waals surface area contributed by atoms with E-state index in [-0.39, 0.29) is 11.1 Å². The van der Waals surface area contributed by atoms with E-state index in [0.717, 1.165) is 23.9 Å². The van der Waals surface area contributed by atoms with Gasteiger partial charge in [-0.2, -0.15) is 0 Å². The summed E-state index contributed by atoms with van der Waals surface area (Å²) >= 11 is 1.09. The summed E-state index contributed by atoms with van der Waals surface area (Å²) < 4.78 is 30.1. The molecule has 0 amide bonds. The molecule has 2 aromatic carbocycles. The van der Waals surface area contributed by atoms with E-state index in [4.69, 9.17) is 0 Å². The van der Waals surface area contributed by atoms with Gasteiger partial charge in [-0.05, 0) is 31.2 Å². The molecule has 2 aromatic heterocycles. The average molecular weight is 400 g/mol. The van der Waals surface area contributed by atoms with Gasteiger partial charge in [0.2, 0.25) is 5.78 Å². The van der Waals surface area contributed by atoms with Crippen LogP contribution in [0.2, 0.25) is 0 Å². The molecule has 6 nitrogen and oxygen atoms in total. The van der Waals surface area contributed by atoms with Crippen molar-refractivity contribution < 1.29 is 13.6 Å². The number of carbonyl (C=O) groups is 1. The summed E-state index contributed by atoms with van der Waals surface area (Å²) in [5.74, 6) is -1.81. The Morgan fingerprint density at radius 1 is 1.14 bits per heavy atom. The third-order valence-corrected chi connectivity index (χ3v) is 5.49. The number of fused-ring (bicyclic) bond motifs is 3. The summed E-state index contributed by atoms with van der Waals surface area (Å²) in [5, 5.41) is 8.35. The van der Waals surface area contributed by atoms with Crippen molar-refractivity contribution in [3.05, 3.63) is 70.0 Å². The molecule has 0 bridgehead atoms. The van der Waals surface area contributed by atoms with Crippen LogP contribution in [-0.2, 0) is 7.05 Å². The standard InChI is InChI=1S/C19H14F2N4O2S/c1-10(16(26)12-8-7-11(20)9-14(12)21)28-19-23-22-18-24(2)17(27)13-5-3-4-6-15(13)25(18)19/h3-10H,1-2H3. The summed E-state index contributed by atoms with van der Waals surface area (Å²) in [6.07, 6.45) is 0. The van der Waals surface area contributed by atoms with Crippen LogP contribution in [0.4, 0.5) is 8.78 Å². The minimum Gasteiger partial charge on any atom is -0.293 e. The fourth-order valence-corrected chi connectivity index (χ4v) is 3.93. The molecule has 0 spiro atoms. The van der Waals surface area contributed by atoms with Gasteiger partial charge < -0.3 is 0 Å². The minimum atomic E-state index is -0.906. The lowest BCUT2D eigenvalue weighted by Gasteiger charge is -2.11. The number of aryl methyl sites for hydroxylation is 1. The highest BCUT2D eigenvalue weighted by atomic mass is 32.2. The SMILES string of the molecule is CC(Sc1nnc2n(C)c(=O)c3ccccc3n12)C(=O)c1ccc(F)cc1F. The van der Waals surface area contributed by atoms with Crippen LogP contribution in [0.3, 0.4) is 0 Å². The maximum atomic E-state index is 14.0. The Balaban J connectivity index is 1.78. The van der Waals surface area contributed by atoms with Crippen molar-refractivity contribution in [1.29, 1.82) is 0 Å². The van der Waals surface area contributed by atoms with Crippen LogP contribution in [0.5, 0.6) is 0 Å². The Labute approximate surface area is 161 Å². The maximum absolute atomic E-state index is 14.0. The molecule has 1 atom stereocenters. The highest BCUT2D eigenvalue weighted by molar-refractivity contribution is 8.00. The number of hydrogen-bond donors (Lipinski definition) is 0. The number of para-hydroxylation sites is 1. The highest BCUT2D eigenvalue weighted by Crippen LogP contribution is 2.27. The quantitative estimate of drug-likeness (QED) is 0.389. The van der Waals surface area contributed by atoms with Gasteiger partial charge in [0.1, 0.15) is 11.6 Å². The third kappa shape index (κ3) is 2.88. The van der Waals surface area contributed by atoms with Crippen molar-refractivity contribution in [3.63, 3.8) is 0 Å². The van der Waals surface area contributed by atoms with Gasteiger partial charge in [-0.3, -0.25) is 18.6 Å². The first-order valence-electron chi connectivity index (χ1n) is 8.37. The molecule has 0 saturated heterocycles. The van der Waals surface area contributed by atoms with Crippen LogP contribution < -0.4 is 5.56 Å². The second kappa shape index (κ2) is 6.83. The molecule has 4 rings (SSSR count). The molecular formula is C19H14F2N4O2S. The van der Waals surface area contributed by atoms with Gasteiger partial charge >= 0.3 is 0 Å². The lowest BCUT2D eigenvalue weighted by atomic mass is 10.1. The zero-order valence-electron chi connectivity index (χ0n) is 14.9. The van der Waals surface area contributed by atoms with Crippen molar-refractivity contribution in [1.82, 2.24) is 19.2 Å². The van der Waals surface area contributed by atoms with Gasteiger partial charge in [0, 0.05) is 13.1 Å². The number of hydrogen-bond acceptors (Lipinski definition) is 5. The maximum Gasteiger partial charge on any atom is 0.262 e. The predicted octanol–water partition coefficient (Wildman–Crippen LogP) is 3.22. The van der Waals surface area contributed by atoms with Crippen LogP contribution in [0, 0.1) is 11.6 Å². The molecule has 0 aliphatic heterocycles. The van der Waals surface area contributed by atoms with Gasteiger partial charge in [-0.25, -0.2) is 8.78 Å². The fourth-order valence-electron chi connectivity index (χ4n) is 3.01. The zero-order chi connectivity index (χ0) is 20.0.